The zero-order valence-electron chi connectivity index (χ0n) is 13.4. The van der Waals surface area contributed by atoms with Gasteiger partial charge in [-0.15, -0.1) is 0 Å². The van der Waals surface area contributed by atoms with Crippen LogP contribution in [0.25, 0.3) is 0 Å². The molecule has 0 heterocycles. The van der Waals surface area contributed by atoms with Crippen LogP contribution in [-0.2, 0) is 4.74 Å². The van der Waals surface area contributed by atoms with Crippen molar-refractivity contribution in [2.45, 2.75) is 78.4 Å². The summed E-state index contributed by atoms with van der Waals surface area (Å²) in [5.74, 6) is 1.34. The molecular formula is C17H30F2O. The van der Waals surface area contributed by atoms with Crippen molar-refractivity contribution in [3.63, 3.8) is 0 Å². The second-order valence-electron chi connectivity index (χ2n) is 7.45. The lowest BCUT2D eigenvalue weighted by molar-refractivity contribution is -0.310. The Labute approximate surface area is 122 Å². The minimum absolute atomic E-state index is 0.229. The first-order valence-electron chi connectivity index (χ1n) is 8.37. The molecule has 4 unspecified atom stereocenters. The Hall–Kier alpha value is -0.180. The Morgan fingerprint density at radius 2 is 1.40 bits per heavy atom. The number of alkyl halides is 2. The zero-order valence-corrected chi connectivity index (χ0v) is 13.4. The maximum Gasteiger partial charge on any atom is 0.358 e. The maximum absolute atomic E-state index is 14.4. The Morgan fingerprint density at radius 1 is 0.800 bits per heavy atom. The third kappa shape index (κ3) is 3.52. The average molecular weight is 288 g/mol. The molecule has 2 aliphatic rings. The Kier molecular flexibility index (Phi) is 5.09. The Balaban J connectivity index is 1.94. The number of ether oxygens (including phenoxy) is 1. The predicted octanol–water partition coefficient (Wildman–Crippen LogP) is 5.49. The molecule has 0 radical (unpaired) electrons. The minimum Gasteiger partial charge on any atom is -0.317 e. The number of hydrogen-bond acceptors (Lipinski definition) is 1. The highest BCUT2D eigenvalue weighted by Crippen LogP contribution is 2.43. The number of halogens is 2. The fraction of sp³-hybridized carbons (Fsp3) is 1.00. The van der Waals surface area contributed by atoms with Crippen LogP contribution in [0.4, 0.5) is 8.78 Å². The molecule has 0 saturated heterocycles. The molecule has 3 heteroatoms. The molecule has 2 fully saturated rings. The van der Waals surface area contributed by atoms with E-state index in [1.807, 2.05) is 0 Å². The minimum atomic E-state index is -2.93. The van der Waals surface area contributed by atoms with Crippen molar-refractivity contribution in [3.05, 3.63) is 0 Å². The van der Waals surface area contributed by atoms with Crippen LogP contribution in [0.5, 0.6) is 0 Å². The largest absolute Gasteiger partial charge is 0.358 e. The fourth-order valence-electron chi connectivity index (χ4n) is 3.87. The van der Waals surface area contributed by atoms with Crippen LogP contribution < -0.4 is 0 Å². The number of rotatable bonds is 3. The third-order valence-corrected chi connectivity index (χ3v) is 6.02. The summed E-state index contributed by atoms with van der Waals surface area (Å²) in [6.07, 6.45) is 1.64. The van der Waals surface area contributed by atoms with Gasteiger partial charge < -0.3 is 4.74 Å². The van der Waals surface area contributed by atoms with Crippen LogP contribution in [0.1, 0.15) is 66.2 Å². The first-order chi connectivity index (χ1) is 9.31. The van der Waals surface area contributed by atoms with Gasteiger partial charge in [-0.3, -0.25) is 0 Å². The molecule has 0 bridgehead atoms. The first kappa shape index (κ1) is 16.2. The lowest BCUT2D eigenvalue weighted by atomic mass is 9.73. The summed E-state index contributed by atoms with van der Waals surface area (Å²) in [5.41, 5.74) is 0. The molecule has 1 nitrogen and oxygen atoms in total. The van der Waals surface area contributed by atoms with Crippen LogP contribution in [0.3, 0.4) is 0 Å². The maximum atomic E-state index is 14.4. The van der Waals surface area contributed by atoms with Crippen molar-refractivity contribution < 1.29 is 13.5 Å². The van der Waals surface area contributed by atoms with E-state index < -0.39 is 12.0 Å². The van der Waals surface area contributed by atoms with Crippen LogP contribution in [0.15, 0.2) is 0 Å². The smallest absolute Gasteiger partial charge is 0.317 e. The molecule has 0 aliphatic heterocycles. The van der Waals surface area contributed by atoms with E-state index in [0.717, 1.165) is 25.7 Å². The normalized spacial score (nSPS) is 43.5. The molecule has 20 heavy (non-hydrogen) atoms. The van der Waals surface area contributed by atoms with Crippen LogP contribution in [-0.4, -0.2) is 12.2 Å². The molecule has 118 valence electrons. The van der Waals surface area contributed by atoms with Gasteiger partial charge in [0.2, 0.25) is 0 Å². The molecule has 2 aliphatic carbocycles. The molecule has 4 atom stereocenters. The van der Waals surface area contributed by atoms with E-state index in [1.54, 1.807) is 0 Å². The van der Waals surface area contributed by atoms with Gasteiger partial charge in [-0.25, -0.2) is 0 Å². The van der Waals surface area contributed by atoms with Crippen molar-refractivity contribution >= 4 is 0 Å². The third-order valence-electron chi connectivity index (χ3n) is 6.02. The highest BCUT2D eigenvalue weighted by molar-refractivity contribution is 4.84. The predicted molar refractivity (Wildman–Crippen MR) is 77.7 cm³/mol. The molecule has 0 aromatic rings. The second kappa shape index (κ2) is 6.29. The molecule has 2 saturated carbocycles. The molecule has 0 spiro atoms. The van der Waals surface area contributed by atoms with E-state index >= 15 is 0 Å². The van der Waals surface area contributed by atoms with Crippen molar-refractivity contribution in [1.29, 1.82) is 0 Å². The van der Waals surface area contributed by atoms with Crippen molar-refractivity contribution in [2.75, 3.05) is 0 Å². The molecule has 0 amide bonds. The van der Waals surface area contributed by atoms with Crippen molar-refractivity contribution in [3.8, 4) is 0 Å². The summed E-state index contributed by atoms with van der Waals surface area (Å²) in [7, 11) is 0. The summed E-state index contributed by atoms with van der Waals surface area (Å²) in [6, 6.07) is 0. The van der Waals surface area contributed by atoms with Gasteiger partial charge in [0.25, 0.3) is 0 Å². The van der Waals surface area contributed by atoms with Crippen LogP contribution in [0, 0.1) is 29.6 Å². The molecule has 0 aromatic carbocycles. The molecule has 2 rings (SSSR count). The van der Waals surface area contributed by atoms with E-state index in [-0.39, 0.29) is 12.0 Å². The van der Waals surface area contributed by atoms with Gasteiger partial charge in [0.1, 0.15) is 0 Å². The van der Waals surface area contributed by atoms with Gasteiger partial charge in [0, 0.05) is 0 Å². The van der Waals surface area contributed by atoms with E-state index in [2.05, 4.69) is 27.7 Å². The highest BCUT2D eigenvalue weighted by Gasteiger charge is 2.46. The Morgan fingerprint density at radius 3 is 2.00 bits per heavy atom. The topological polar surface area (TPSA) is 9.23 Å². The van der Waals surface area contributed by atoms with Crippen molar-refractivity contribution in [1.82, 2.24) is 0 Å². The molecule has 0 N–H and O–H groups in total. The van der Waals surface area contributed by atoms with Crippen LogP contribution in [0.2, 0.25) is 0 Å². The van der Waals surface area contributed by atoms with Gasteiger partial charge in [-0.05, 0) is 49.4 Å². The van der Waals surface area contributed by atoms with Gasteiger partial charge in [0.15, 0.2) is 0 Å². The monoisotopic (exact) mass is 288 g/mol. The van der Waals surface area contributed by atoms with Gasteiger partial charge >= 0.3 is 6.11 Å². The van der Waals surface area contributed by atoms with Gasteiger partial charge in [-0.1, -0.05) is 40.5 Å². The van der Waals surface area contributed by atoms with E-state index in [1.165, 1.54) is 0 Å². The lowest BCUT2D eigenvalue weighted by Crippen LogP contribution is -2.43. The zero-order chi connectivity index (χ0) is 14.9. The van der Waals surface area contributed by atoms with Crippen molar-refractivity contribution in [2.24, 2.45) is 29.6 Å². The highest BCUT2D eigenvalue weighted by atomic mass is 19.3. The summed E-state index contributed by atoms with van der Waals surface area (Å²) in [4.78, 5) is 0. The summed E-state index contributed by atoms with van der Waals surface area (Å²) in [5, 5.41) is 0. The fourth-order valence-corrected chi connectivity index (χ4v) is 3.87. The summed E-state index contributed by atoms with van der Waals surface area (Å²) in [6.45, 7) is 8.62. The molecular weight excluding hydrogens is 258 g/mol. The summed E-state index contributed by atoms with van der Waals surface area (Å²) < 4.78 is 34.1. The van der Waals surface area contributed by atoms with E-state index in [4.69, 9.17) is 4.74 Å². The lowest BCUT2D eigenvalue weighted by Gasteiger charge is -2.41. The van der Waals surface area contributed by atoms with Crippen LogP contribution >= 0.6 is 0 Å². The summed E-state index contributed by atoms with van der Waals surface area (Å²) >= 11 is 0. The quantitative estimate of drug-likeness (QED) is 0.667. The standard InChI is InChI=1S/C17H30F2O/c1-11-5-8-15(9-6-11)17(18,19)20-16-10-7-12(2)13(3)14(16)4/h11-16H,5-10H2,1-4H3. The van der Waals surface area contributed by atoms with E-state index in [9.17, 15) is 8.78 Å². The second-order valence-corrected chi connectivity index (χ2v) is 7.45. The van der Waals surface area contributed by atoms with E-state index in [0.29, 0.717) is 30.6 Å². The SMILES string of the molecule is CC1CCC(C(F)(F)OC2CCC(C)C(C)C2C)CC1. The van der Waals surface area contributed by atoms with Gasteiger partial charge in [-0.2, -0.15) is 8.78 Å². The van der Waals surface area contributed by atoms with Gasteiger partial charge in [0.05, 0.1) is 12.0 Å². The average Bonchev–Trinajstić information content (AvgIpc) is 2.40. The molecule has 0 aromatic heterocycles. The Bertz CT molecular complexity index is 310. The first-order valence-corrected chi connectivity index (χ1v) is 8.37. The number of hydrogen-bond donors (Lipinski definition) is 0.